The Labute approximate surface area is 132 Å². The van der Waals surface area contributed by atoms with E-state index in [9.17, 15) is 4.79 Å². The van der Waals surface area contributed by atoms with E-state index in [1.165, 1.54) is 11.1 Å². The summed E-state index contributed by atoms with van der Waals surface area (Å²) in [5, 5.41) is 6.20. The molecular weight excluding hydrogens is 274 g/mol. The zero-order valence-electron chi connectivity index (χ0n) is 13.6. The molecule has 1 heterocycles. The molecule has 0 saturated heterocycles. The fraction of sp³-hybridized carbons (Fsp3) is 0.333. The molecule has 1 unspecified atom stereocenters. The number of hydrogen-bond donors (Lipinski definition) is 2. The highest BCUT2D eigenvalue weighted by atomic mass is 16.1. The summed E-state index contributed by atoms with van der Waals surface area (Å²) in [7, 11) is 0. The van der Waals surface area contributed by atoms with Crippen molar-refractivity contribution in [2.45, 2.75) is 40.2 Å². The Hall–Kier alpha value is -2.36. The second-order valence-corrected chi connectivity index (χ2v) is 5.64. The lowest BCUT2D eigenvalue weighted by Crippen LogP contribution is -2.32. The summed E-state index contributed by atoms with van der Waals surface area (Å²) in [6.45, 7) is 8.19. The average molecular weight is 297 g/mol. The Balaban J connectivity index is 2.05. The molecular formula is C18H23N3O. The van der Waals surface area contributed by atoms with Crippen molar-refractivity contribution in [2.24, 2.45) is 0 Å². The monoisotopic (exact) mass is 297 g/mol. The van der Waals surface area contributed by atoms with Crippen LogP contribution in [0.1, 0.15) is 41.9 Å². The van der Waals surface area contributed by atoms with Crippen molar-refractivity contribution in [1.29, 1.82) is 0 Å². The summed E-state index contributed by atoms with van der Waals surface area (Å²) in [6, 6.07) is 9.97. The number of rotatable bonds is 5. The minimum absolute atomic E-state index is 0.132. The molecule has 1 atom stereocenters. The highest BCUT2D eigenvalue weighted by Gasteiger charge is 2.09. The fourth-order valence-corrected chi connectivity index (χ4v) is 1.99. The molecule has 0 fully saturated rings. The van der Waals surface area contributed by atoms with Gasteiger partial charge in [0.25, 0.3) is 5.91 Å². The summed E-state index contributed by atoms with van der Waals surface area (Å²) in [5.74, 6) is -0.132. The number of hydrogen-bond acceptors (Lipinski definition) is 3. The SMILES string of the molecule is CCC(C)NC(=O)c1ccc(Nc2ccc(C)c(C)c2)cn1. The maximum absolute atomic E-state index is 12.0. The van der Waals surface area contributed by atoms with Crippen LogP contribution in [0.5, 0.6) is 0 Å². The molecule has 4 heteroatoms. The number of pyridine rings is 1. The van der Waals surface area contributed by atoms with E-state index in [4.69, 9.17) is 0 Å². The molecule has 116 valence electrons. The van der Waals surface area contributed by atoms with Crippen molar-refractivity contribution in [3.63, 3.8) is 0 Å². The first kappa shape index (κ1) is 16.0. The van der Waals surface area contributed by atoms with Crippen LogP contribution in [0.25, 0.3) is 0 Å². The fourth-order valence-electron chi connectivity index (χ4n) is 1.99. The lowest BCUT2D eigenvalue weighted by Gasteiger charge is -2.11. The number of nitrogens with zero attached hydrogens (tertiary/aromatic N) is 1. The minimum Gasteiger partial charge on any atom is -0.354 e. The normalized spacial score (nSPS) is 11.8. The molecule has 1 aromatic carbocycles. The van der Waals surface area contributed by atoms with Gasteiger partial charge in [0.15, 0.2) is 0 Å². The molecule has 2 rings (SSSR count). The van der Waals surface area contributed by atoms with E-state index in [1.54, 1.807) is 12.3 Å². The molecule has 1 aromatic heterocycles. The number of aryl methyl sites for hydroxylation is 2. The Morgan fingerprint density at radius 3 is 2.45 bits per heavy atom. The molecule has 0 aliphatic heterocycles. The molecule has 0 radical (unpaired) electrons. The van der Waals surface area contributed by atoms with E-state index in [2.05, 4.69) is 41.6 Å². The Kier molecular flexibility index (Phi) is 5.15. The van der Waals surface area contributed by atoms with Crippen LogP contribution in [-0.2, 0) is 0 Å². The zero-order chi connectivity index (χ0) is 16.1. The first-order valence-electron chi connectivity index (χ1n) is 7.60. The third kappa shape index (κ3) is 4.07. The standard InChI is InChI=1S/C18H23N3O/c1-5-14(4)20-18(22)17-9-8-16(11-19-17)21-15-7-6-12(2)13(3)10-15/h6-11,14,21H,5H2,1-4H3,(H,20,22). The highest BCUT2D eigenvalue weighted by Crippen LogP contribution is 2.19. The van der Waals surface area contributed by atoms with Gasteiger partial charge in [-0.1, -0.05) is 13.0 Å². The van der Waals surface area contributed by atoms with E-state index in [0.29, 0.717) is 5.69 Å². The van der Waals surface area contributed by atoms with Crippen LogP contribution < -0.4 is 10.6 Å². The van der Waals surface area contributed by atoms with E-state index in [0.717, 1.165) is 17.8 Å². The van der Waals surface area contributed by atoms with Gasteiger partial charge in [-0.3, -0.25) is 4.79 Å². The molecule has 0 aliphatic carbocycles. The van der Waals surface area contributed by atoms with Gasteiger partial charge in [0.1, 0.15) is 5.69 Å². The summed E-state index contributed by atoms with van der Waals surface area (Å²) in [6.07, 6.45) is 2.58. The van der Waals surface area contributed by atoms with Gasteiger partial charge in [0.2, 0.25) is 0 Å². The lowest BCUT2D eigenvalue weighted by molar-refractivity contribution is 0.0934. The van der Waals surface area contributed by atoms with Crippen LogP contribution in [-0.4, -0.2) is 16.9 Å². The molecule has 2 N–H and O–H groups in total. The van der Waals surface area contributed by atoms with Crippen molar-refractivity contribution < 1.29 is 4.79 Å². The van der Waals surface area contributed by atoms with Gasteiger partial charge >= 0.3 is 0 Å². The zero-order valence-corrected chi connectivity index (χ0v) is 13.6. The largest absolute Gasteiger partial charge is 0.354 e. The number of nitrogens with one attached hydrogen (secondary N) is 2. The van der Waals surface area contributed by atoms with E-state index < -0.39 is 0 Å². The van der Waals surface area contributed by atoms with Gasteiger partial charge in [-0.15, -0.1) is 0 Å². The first-order valence-corrected chi connectivity index (χ1v) is 7.60. The molecule has 22 heavy (non-hydrogen) atoms. The molecule has 0 bridgehead atoms. The Morgan fingerprint density at radius 2 is 1.86 bits per heavy atom. The summed E-state index contributed by atoms with van der Waals surface area (Å²) >= 11 is 0. The van der Waals surface area contributed by atoms with E-state index >= 15 is 0 Å². The number of carbonyl (C=O) groups is 1. The van der Waals surface area contributed by atoms with Crippen LogP contribution in [0, 0.1) is 13.8 Å². The van der Waals surface area contributed by atoms with Gasteiger partial charge in [0.05, 0.1) is 11.9 Å². The van der Waals surface area contributed by atoms with Crippen molar-refractivity contribution in [2.75, 3.05) is 5.32 Å². The topological polar surface area (TPSA) is 54.0 Å². The van der Waals surface area contributed by atoms with Crippen molar-refractivity contribution in [3.8, 4) is 0 Å². The average Bonchev–Trinajstić information content (AvgIpc) is 2.51. The number of carbonyl (C=O) groups excluding carboxylic acids is 1. The van der Waals surface area contributed by atoms with Gasteiger partial charge in [-0.25, -0.2) is 4.98 Å². The van der Waals surface area contributed by atoms with E-state index in [-0.39, 0.29) is 11.9 Å². The first-order chi connectivity index (χ1) is 10.5. The number of aromatic nitrogens is 1. The van der Waals surface area contributed by atoms with E-state index in [1.807, 2.05) is 26.0 Å². The third-order valence-electron chi connectivity index (χ3n) is 3.78. The van der Waals surface area contributed by atoms with Gasteiger partial charge < -0.3 is 10.6 Å². The lowest BCUT2D eigenvalue weighted by atomic mass is 10.1. The molecule has 0 aliphatic rings. The number of benzene rings is 1. The van der Waals surface area contributed by atoms with Crippen molar-refractivity contribution in [3.05, 3.63) is 53.3 Å². The molecule has 0 spiro atoms. The predicted molar refractivity (Wildman–Crippen MR) is 90.7 cm³/mol. The number of amides is 1. The van der Waals surface area contributed by atoms with Crippen LogP contribution in [0.4, 0.5) is 11.4 Å². The third-order valence-corrected chi connectivity index (χ3v) is 3.78. The molecule has 0 saturated carbocycles. The smallest absolute Gasteiger partial charge is 0.270 e. The molecule has 4 nitrogen and oxygen atoms in total. The number of anilines is 2. The Morgan fingerprint density at radius 1 is 1.14 bits per heavy atom. The second-order valence-electron chi connectivity index (χ2n) is 5.64. The van der Waals surface area contributed by atoms with Crippen molar-refractivity contribution in [1.82, 2.24) is 10.3 Å². The maximum atomic E-state index is 12.0. The highest BCUT2D eigenvalue weighted by molar-refractivity contribution is 5.92. The quantitative estimate of drug-likeness (QED) is 0.878. The molecule has 1 amide bonds. The van der Waals surface area contributed by atoms with Crippen LogP contribution in [0.3, 0.4) is 0 Å². The minimum atomic E-state index is -0.132. The summed E-state index contributed by atoms with van der Waals surface area (Å²) in [4.78, 5) is 16.2. The van der Waals surface area contributed by atoms with Crippen molar-refractivity contribution >= 4 is 17.3 Å². The van der Waals surface area contributed by atoms with Crippen LogP contribution >= 0.6 is 0 Å². The van der Waals surface area contributed by atoms with Gasteiger partial charge in [0, 0.05) is 11.7 Å². The van der Waals surface area contributed by atoms with Gasteiger partial charge in [-0.2, -0.15) is 0 Å². The van der Waals surface area contributed by atoms with Crippen LogP contribution in [0.15, 0.2) is 36.5 Å². The van der Waals surface area contributed by atoms with Gasteiger partial charge in [-0.05, 0) is 62.6 Å². The van der Waals surface area contributed by atoms with Crippen LogP contribution in [0.2, 0.25) is 0 Å². The predicted octanol–water partition coefficient (Wildman–Crippen LogP) is 3.97. The summed E-state index contributed by atoms with van der Waals surface area (Å²) in [5.41, 5.74) is 4.82. The molecule has 2 aromatic rings. The maximum Gasteiger partial charge on any atom is 0.270 e. The second kappa shape index (κ2) is 7.07. The summed E-state index contributed by atoms with van der Waals surface area (Å²) < 4.78 is 0. The Bertz CT molecular complexity index is 650.